The van der Waals surface area contributed by atoms with Gasteiger partial charge in [-0.2, -0.15) is 0 Å². The van der Waals surface area contributed by atoms with Crippen LogP contribution >= 0.6 is 0 Å². The molecule has 178 valence electrons. The van der Waals surface area contributed by atoms with Crippen LogP contribution in [0.2, 0.25) is 0 Å². The number of nitrogens with two attached hydrogens (primary N) is 1. The molecule has 0 aromatic heterocycles. The van der Waals surface area contributed by atoms with E-state index >= 15 is 0 Å². The molecule has 3 amide bonds. The van der Waals surface area contributed by atoms with Gasteiger partial charge in [-0.05, 0) is 37.5 Å². The first-order valence-corrected chi connectivity index (χ1v) is 10.2. The molecule has 0 saturated carbocycles. The summed E-state index contributed by atoms with van der Waals surface area (Å²) in [7, 11) is 0. The summed E-state index contributed by atoms with van der Waals surface area (Å²) in [4.78, 5) is 48.8. The van der Waals surface area contributed by atoms with Crippen LogP contribution in [0.15, 0.2) is 24.3 Å². The Kier molecular flexibility index (Phi) is 10.1. The summed E-state index contributed by atoms with van der Waals surface area (Å²) in [6, 6.07) is 1.32. The van der Waals surface area contributed by atoms with Crippen LogP contribution < -0.4 is 21.7 Å². The number of phenols is 1. The van der Waals surface area contributed by atoms with E-state index in [0.717, 1.165) is 0 Å². The van der Waals surface area contributed by atoms with Crippen LogP contribution in [-0.2, 0) is 25.6 Å². The van der Waals surface area contributed by atoms with E-state index in [1.165, 1.54) is 26.0 Å². The van der Waals surface area contributed by atoms with Gasteiger partial charge in [0.25, 0.3) is 0 Å². The van der Waals surface area contributed by atoms with Gasteiger partial charge >= 0.3 is 5.97 Å². The number of rotatable bonds is 11. The molecular formula is C21H32N4O7. The first kappa shape index (κ1) is 26.9. The minimum absolute atomic E-state index is 0.0240. The van der Waals surface area contributed by atoms with Gasteiger partial charge in [0.05, 0.1) is 6.10 Å². The van der Waals surface area contributed by atoms with E-state index in [1.54, 1.807) is 26.0 Å². The van der Waals surface area contributed by atoms with Crippen molar-refractivity contribution < 1.29 is 34.5 Å². The van der Waals surface area contributed by atoms with Crippen molar-refractivity contribution in [1.82, 2.24) is 16.0 Å². The molecule has 0 bridgehead atoms. The fourth-order valence-corrected chi connectivity index (χ4v) is 2.74. The highest BCUT2D eigenvalue weighted by atomic mass is 16.4. The number of aromatic hydroxyl groups is 1. The highest BCUT2D eigenvalue weighted by Crippen LogP contribution is 2.12. The normalized spacial score (nSPS) is 15.7. The van der Waals surface area contributed by atoms with Gasteiger partial charge in [0.2, 0.25) is 17.7 Å². The van der Waals surface area contributed by atoms with Gasteiger partial charge < -0.3 is 37.0 Å². The Bertz CT molecular complexity index is 811. The zero-order valence-corrected chi connectivity index (χ0v) is 18.5. The number of hydrogen-bond donors (Lipinski definition) is 7. The number of amides is 3. The minimum atomic E-state index is -1.26. The van der Waals surface area contributed by atoms with Crippen LogP contribution in [0.4, 0.5) is 0 Å². The first-order valence-electron chi connectivity index (χ1n) is 10.2. The van der Waals surface area contributed by atoms with Gasteiger partial charge in [-0.25, -0.2) is 4.79 Å². The molecule has 11 heteroatoms. The van der Waals surface area contributed by atoms with Gasteiger partial charge in [-0.1, -0.05) is 26.0 Å². The summed E-state index contributed by atoms with van der Waals surface area (Å²) < 4.78 is 0. The molecule has 0 aliphatic heterocycles. The van der Waals surface area contributed by atoms with E-state index in [4.69, 9.17) is 5.73 Å². The van der Waals surface area contributed by atoms with Gasteiger partial charge in [-0.3, -0.25) is 14.4 Å². The number of aliphatic hydroxyl groups is 1. The third kappa shape index (κ3) is 8.16. The molecule has 0 heterocycles. The maximum Gasteiger partial charge on any atom is 0.326 e. The standard InChI is InChI=1S/C21H32N4O7/c1-10(2)17(25-18(28)11(3)23-19(29)16(22)12(4)26)20(30)24-15(21(31)32)9-13-5-7-14(27)8-6-13/h5-8,10-12,15-17,26-27H,9,22H2,1-4H3,(H,23,29)(H,24,30)(H,25,28)(H,31,32). The average molecular weight is 453 g/mol. The number of aliphatic carboxylic acids is 1. The highest BCUT2D eigenvalue weighted by molar-refractivity contribution is 5.94. The zero-order chi connectivity index (χ0) is 24.6. The number of carbonyl (C=O) groups excluding carboxylic acids is 3. The molecule has 8 N–H and O–H groups in total. The van der Waals surface area contributed by atoms with Crippen molar-refractivity contribution in [1.29, 1.82) is 0 Å². The lowest BCUT2D eigenvalue weighted by Crippen LogP contribution is -2.58. The van der Waals surface area contributed by atoms with Crippen LogP contribution in [0.25, 0.3) is 0 Å². The molecule has 11 nitrogen and oxygen atoms in total. The quantitative estimate of drug-likeness (QED) is 0.219. The van der Waals surface area contributed by atoms with Crippen molar-refractivity contribution in [2.24, 2.45) is 11.7 Å². The summed E-state index contributed by atoms with van der Waals surface area (Å²) in [5.41, 5.74) is 6.12. The lowest BCUT2D eigenvalue weighted by molar-refractivity contribution is -0.142. The molecule has 0 aliphatic carbocycles. The number of nitrogens with one attached hydrogen (secondary N) is 3. The topological polar surface area (TPSA) is 191 Å². The van der Waals surface area contributed by atoms with Crippen LogP contribution in [0.3, 0.4) is 0 Å². The third-order valence-electron chi connectivity index (χ3n) is 4.81. The molecule has 1 aromatic rings. The molecule has 0 fully saturated rings. The fraction of sp³-hybridized carbons (Fsp3) is 0.524. The molecule has 5 atom stereocenters. The van der Waals surface area contributed by atoms with E-state index < -0.39 is 54.0 Å². The minimum Gasteiger partial charge on any atom is -0.508 e. The molecule has 5 unspecified atom stereocenters. The van der Waals surface area contributed by atoms with E-state index in [2.05, 4.69) is 16.0 Å². The van der Waals surface area contributed by atoms with Crippen molar-refractivity contribution in [3.63, 3.8) is 0 Å². The van der Waals surface area contributed by atoms with Crippen molar-refractivity contribution >= 4 is 23.7 Å². The number of carbonyl (C=O) groups is 4. The van der Waals surface area contributed by atoms with Crippen LogP contribution in [0.5, 0.6) is 5.75 Å². The van der Waals surface area contributed by atoms with Crippen LogP contribution in [-0.4, -0.2) is 69.3 Å². The molecule has 32 heavy (non-hydrogen) atoms. The Labute approximate surface area is 186 Å². The Morgan fingerprint density at radius 1 is 0.906 bits per heavy atom. The molecular weight excluding hydrogens is 420 g/mol. The smallest absolute Gasteiger partial charge is 0.326 e. The summed E-state index contributed by atoms with van der Waals surface area (Å²) in [5, 5.41) is 35.5. The van der Waals surface area contributed by atoms with E-state index in [-0.39, 0.29) is 18.1 Å². The molecule has 0 radical (unpaired) electrons. The lowest BCUT2D eigenvalue weighted by atomic mass is 10.0. The number of benzene rings is 1. The Balaban J connectivity index is 2.82. The molecule has 0 aliphatic rings. The maximum atomic E-state index is 12.8. The van der Waals surface area contributed by atoms with Crippen molar-refractivity contribution in [3.8, 4) is 5.75 Å². The Morgan fingerprint density at radius 2 is 1.47 bits per heavy atom. The van der Waals surface area contributed by atoms with Crippen LogP contribution in [0.1, 0.15) is 33.3 Å². The van der Waals surface area contributed by atoms with E-state index in [0.29, 0.717) is 5.56 Å². The average Bonchev–Trinajstić information content (AvgIpc) is 2.71. The first-order chi connectivity index (χ1) is 14.8. The summed E-state index contributed by atoms with van der Waals surface area (Å²) in [6.07, 6.45) is -1.13. The second-order valence-electron chi connectivity index (χ2n) is 8.00. The number of aliphatic hydroxyl groups excluding tert-OH is 1. The zero-order valence-electron chi connectivity index (χ0n) is 18.5. The highest BCUT2D eigenvalue weighted by Gasteiger charge is 2.31. The number of carboxylic acid groups (broad SMARTS) is 1. The maximum absolute atomic E-state index is 12.8. The van der Waals surface area contributed by atoms with Gasteiger partial charge in [0.15, 0.2) is 0 Å². The number of carboxylic acids is 1. The summed E-state index contributed by atoms with van der Waals surface area (Å²) in [5.74, 6) is -3.71. The number of hydrogen-bond acceptors (Lipinski definition) is 7. The molecule has 1 aromatic carbocycles. The van der Waals surface area contributed by atoms with Gasteiger partial charge in [0, 0.05) is 6.42 Å². The predicted molar refractivity (Wildman–Crippen MR) is 115 cm³/mol. The van der Waals surface area contributed by atoms with Gasteiger partial charge in [0.1, 0.15) is 29.9 Å². The van der Waals surface area contributed by atoms with Crippen molar-refractivity contribution in [2.45, 2.75) is 64.4 Å². The second-order valence-corrected chi connectivity index (χ2v) is 8.00. The largest absolute Gasteiger partial charge is 0.508 e. The molecule has 1 rings (SSSR count). The Morgan fingerprint density at radius 3 is 1.94 bits per heavy atom. The number of phenolic OH excluding ortho intramolecular Hbond substituents is 1. The monoisotopic (exact) mass is 452 g/mol. The fourth-order valence-electron chi connectivity index (χ4n) is 2.74. The summed E-state index contributed by atoms with van der Waals surface area (Å²) in [6.45, 7) is 6.08. The SMILES string of the molecule is CC(NC(=O)C(N)C(C)O)C(=O)NC(C(=O)NC(Cc1ccc(O)cc1)C(=O)O)C(C)C. The van der Waals surface area contributed by atoms with Gasteiger partial charge in [-0.15, -0.1) is 0 Å². The van der Waals surface area contributed by atoms with Crippen molar-refractivity contribution in [2.75, 3.05) is 0 Å². The second kappa shape index (κ2) is 12.0. The predicted octanol–water partition coefficient (Wildman–Crippen LogP) is -1.14. The summed E-state index contributed by atoms with van der Waals surface area (Å²) >= 11 is 0. The molecule has 0 spiro atoms. The Hall–Kier alpha value is -3.18. The van der Waals surface area contributed by atoms with Crippen molar-refractivity contribution in [3.05, 3.63) is 29.8 Å². The molecule has 0 saturated heterocycles. The van der Waals surface area contributed by atoms with Crippen LogP contribution in [0, 0.1) is 5.92 Å². The lowest BCUT2D eigenvalue weighted by Gasteiger charge is -2.26. The van der Waals surface area contributed by atoms with E-state index in [9.17, 15) is 34.5 Å². The van der Waals surface area contributed by atoms with E-state index in [1.807, 2.05) is 0 Å². The third-order valence-corrected chi connectivity index (χ3v) is 4.81.